The topological polar surface area (TPSA) is 93.4 Å². The van der Waals surface area contributed by atoms with E-state index in [1.807, 2.05) is 53.4 Å². The number of hydrazone groups is 1. The number of hydrogen-bond acceptors (Lipinski definition) is 6. The largest absolute Gasteiger partial charge is 0.493 e. The van der Waals surface area contributed by atoms with Gasteiger partial charge in [0.25, 0.3) is 5.91 Å². The van der Waals surface area contributed by atoms with Crippen LogP contribution < -0.4 is 14.9 Å². The van der Waals surface area contributed by atoms with Crippen molar-refractivity contribution in [2.45, 2.75) is 25.9 Å². The van der Waals surface area contributed by atoms with E-state index < -0.39 is 5.91 Å². The molecule has 1 N–H and O–H groups in total. The first-order chi connectivity index (χ1) is 18.6. The highest BCUT2D eigenvalue weighted by molar-refractivity contribution is 5.96. The maximum absolute atomic E-state index is 12.7. The third-order valence-electron chi connectivity index (χ3n) is 6.46. The first-order valence-electron chi connectivity index (χ1n) is 12.6. The smallest absolute Gasteiger partial charge is 0.307 e. The molecule has 0 unspecified atom stereocenters. The zero-order valence-corrected chi connectivity index (χ0v) is 21.2. The summed E-state index contributed by atoms with van der Waals surface area (Å²) in [5.74, 6) is 0.949. The molecule has 3 aromatic carbocycles. The van der Waals surface area contributed by atoms with E-state index in [0.29, 0.717) is 29.3 Å². The van der Waals surface area contributed by atoms with Gasteiger partial charge in [-0.2, -0.15) is 5.10 Å². The zero-order valence-electron chi connectivity index (χ0n) is 21.2. The van der Waals surface area contributed by atoms with Crippen molar-refractivity contribution in [2.75, 3.05) is 20.2 Å². The lowest BCUT2D eigenvalue weighted by Crippen LogP contribution is -2.35. The Morgan fingerprint density at radius 2 is 1.76 bits per heavy atom. The molecule has 1 aliphatic heterocycles. The standard InChI is InChI=1S/C30H29N3O5/c1-36-27-17-22(19-31-32-29(34)28-18-24-7-3-4-8-25(24)38-28)11-14-26(27)37-20-21-9-12-23(13-10-21)30(35)33-15-5-2-6-16-33/h3-4,7-14,17-19H,2,5-6,15-16,20H2,1H3,(H,32,34)/b31-19+. The van der Waals surface area contributed by atoms with Crippen molar-refractivity contribution < 1.29 is 23.5 Å². The molecule has 2 heterocycles. The summed E-state index contributed by atoms with van der Waals surface area (Å²) in [6.45, 7) is 1.99. The van der Waals surface area contributed by atoms with Crippen molar-refractivity contribution >= 4 is 29.0 Å². The first kappa shape index (κ1) is 25.1. The fourth-order valence-electron chi connectivity index (χ4n) is 4.38. The lowest BCUT2D eigenvalue weighted by Gasteiger charge is -2.26. The quantitative estimate of drug-likeness (QED) is 0.252. The fourth-order valence-corrected chi connectivity index (χ4v) is 4.38. The molecule has 194 valence electrons. The summed E-state index contributed by atoms with van der Waals surface area (Å²) in [6.07, 6.45) is 4.85. The van der Waals surface area contributed by atoms with Gasteiger partial charge in [0.2, 0.25) is 0 Å². The van der Waals surface area contributed by atoms with Crippen LogP contribution in [0.3, 0.4) is 0 Å². The predicted molar refractivity (Wildman–Crippen MR) is 145 cm³/mol. The summed E-state index contributed by atoms with van der Waals surface area (Å²) in [6, 6.07) is 22.0. The minimum absolute atomic E-state index is 0.0878. The Labute approximate surface area is 220 Å². The maximum Gasteiger partial charge on any atom is 0.307 e. The van der Waals surface area contributed by atoms with E-state index in [0.717, 1.165) is 42.4 Å². The molecule has 1 aliphatic rings. The van der Waals surface area contributed by atoms with Crippen molar-refractivity contribution in [3.8, 4) is 11.5 Å². The Morgan fingerprint density at radius 3 is 2.53 bits per heavy atom. The number of likely N-dealkylation sites (tertiary alicyclic amines) is 1. The predicted octanol–water partition coefficient (Wildman–Crippen LogP) is 5.41. The molecule has 1 aromatic heterocycles. The van der Waals surface area contributed by atoms with E-state index >= 15 is 0 Å². The van der Waals surface area contributed by atoms with Gasteiger partial charge in [0.1, 0.15) is 12.2 Å². The summed E-state index contributed by atoms with van der Waals surface area (Å²) in [7, 11) is 1.56. The van der Waals surface area contributed by atoms with Gasteiger partial charge >= 0.3 is 5.91 Å². The minimum atomic E-state index is -0.437. The highest BCUT2D eigenvalue weighted by Gasteiger charge is 2.18. The molecule has 0 spiro atoms. The van der Waals surface area contributed by atoms with Gasteiger partial charge in [-0.25, -0.2) is 5.43 Å². The van der Waals surface area contributed by atoms with Gasteiger partial charge in [-0.3, -0.25) is 9.59 Å². The van der Waals surface area contributed by atoms with Crippen molar-refractivity contribution in [3.05, 3.63) is 95.2 Å². The molecule has 1 fully saturated rings. The molecule has 0 aliphatic carbocycles. The van der Waals surface area contributed by atoms with Gasteiger partial charge in [-0.05, 0) is 72.9 Å². The second kappa shape index (κ2) is 11.6. The lowest BCUT2D eigenvalue weighted by molar-refractivity contribution is 0.0724. The third kappa shape index (κ3) is 5.86. The summed E-state index contributed by atoms with van der Waals surface area (Å²) < 4.78 is 17.0. The van der Waals surface area contributed by atoms with E-state index in [2.05, 4.69) is 10.5 Å². The Kier molecular flexibility index (Phi) is 7.68. The summed E-state index contributed by atoms with van der Waals surface area (Å²) in [5.41, 5.74) is 5.49. The van der Waals surface area contributed by atoms with Crippen LogP contribution in [0, 0.1) is 0 Å². The van der Waals surface area contributed by atoms with Gasteiger partial charge < -0.3 is 18.8 Å². The molecular weight excluding hydrogens is 482 g/mol. The van der Waals surface area contributed by atoms with E-state index in [1.165, 1.54) is 12.6 Å². The number of piperidine rings is 1. The molecule has 5 rings (SSSR count). The number of carbonyl (C=O) groups is 2. The number of amides is 2. The highest BCUT2D eigenvalue weighted by atomic mass is 16.5. The third-order valence-corrected chi connectivity index (χ3v) is 6.46. The van der Waals surface area contributed by atoms with Crippen LogP contribution in [0.4, 0.5) is 0 Å². The van der Waals surface area contributed by atoms with Gasteiger partial charge in [0.15, 0.2) is 17.3 Å². The van der Waals surface area contributed by atoms with Crippen LogP contribution in [0.25, 0.3) is 11.0 Å². The number of hydrogen-bond donors (Lipinski definition) is 1. The molecule has 0 radical (unpaired) electrons. The summed E-state index contributed by atoms with van der Waals surface area (Å²) in [5, 5.41) is 4.88. The monoisotopic (exact) mass is 511 g/mol. The number of nitrogens with zero attached hydrogens (tertiary/aromatic N) is 2. The van der Waals surface area contributed by atoms with Crippen LogP contribution in [0.15, 0.2) is 82.3 Å². The molecule has 4 aromatic rings. The number of benzene rings is 3. The molecule has 8 heteroatoms. The molecule has 2 amide bonds. The van der Waals surface area contributed by atoms with Crippen molar-refractivity contribution in [1.29, 1.82) is 0 Å². The van der Waals surface area contributed by atoms with Crippen LogP contribution in [0.5, 0.6) is 11.5 Å². The second-order valence-corrected chi connectivity index (χ2v) is 9.10. The lowest BCUT2D eigenvalue weighted by atomic mass is 10.1. The van der Waals surface area contributed by atoms with Gasteiger partial charge in [0, 0.05) is 24.0 Å². The number of nitrogens with one attached hydrogen (secondary N) is 1. The molecule has 0 bridgehead atoms. The van der Waals surface area contributed by atoms with Crippen molar-refractivity contribution in [3.63, 3.8) is 0 Å². The number of methoxy groups -OCH3 is 1. The van der Waals surface area contributed by atoms with Gasteiger partial charge in [-0.15, -0.1) is 0 Å². The zero-order chi connectivity index (χ0) is 26.3. The van der Waals surface area contributed by atoms with Crippen LogP contribution in [-0.4, -0.2) is 43.1 Å². The summed E-state index contributed by atoms with van der Waals surface area (Å²) >= 11 is 0. The SMILES string of the molecule is COc1cc(/C=N/NC(=O)c2cc3ccccc3o2)ccc1OCc1ccc(C(=O)N2CCCCC2)cc1. The van der Waals surface area contributed by atoms with Gasteiger partial charge in [0.05, 0.1) is 13.3 Å². The van der Waals surface area contributed by atoms with E-state index in [-0.39, 0.29) is 11.7 Å². The Hall–Kier alpha value is -4.59. The molecule has 0 saturated carbocycles. The van der Waals surface area contributed by atoms with Crippen LogP contribution in [-0.2, 0) is 6.61 Å². The maximum atomic E-state index is 12.7. The number of rotatable bonds is 8. The first-order valence-corrected chi connectivity index (χ1v) is 12.6. The number of ether oxygens (including phenoxy) is 2. The normalized spacial score (nSPS) is 13.6. The van der Waals surface area contributed by atoms with Crippen LogP contribution in [0.1, 0.15) is 51.3 Å². The summed E-state index contributed by atoms with van der Waals surface area (Å²) in [4.78, 5) is 26.9. The average Bonchev–Trinajstić information content (AvgIpc) is 3.41. The number of para-hydroxylation sites is 1. The second-order valence-electron chi connectivity index (χ2n) is 9.10. The minimum Gasteiger partial charge on any atom is -0.493 e. The van der Waals surface area contributed by atoms with E-state index in [4.69, 9.17) is 13.9 Å². The number of fused-ring (bicyclic) bond motifs is 1. The van der Waals surface area contributed by atoms with E-state index in [1.54, 1.807) is 31.4 Å². The van der Waals surface area contributed by atoms with Crippen LogP contribution in [0.2, 0.25) is 0 Å². The Morgan fingerprint density at radius 1 is 0.974 bits per heavy atom. The Balaban J connectivity index is 1.16. The van der Waals surface area contributed by atoms with E-state index in [9.17, 15) is 9.59 Å². The molecule has 38 heavy (non-hydrogen) atoms. The molecular formula is C30H29N3O5. The molecule has 1 saturated heterocycles. The average molecular weight is 512 g/mol. The van der Waals surface area contributed by atoms with Crippen molar-refractivity contribution in [1.82, 2.24) is 10.3 Å². The van der Waals surface area contributed by atoms with Crippen LogP contribution >= 0.6 is 0 Å². The number of carbonyl (C=O) groups excluding carboxylic acids is 2. The van der Waals surface area contributed by atoms with Crippen molar-refractivity contribution in [2.24, 2.45) is 5.10 Å². The fraction of sp³-hybridized carbons (Fsp3) is 0.233. The molecule has 8 nitrogen and oxygen atoms in total. The van der Waals surface area contributed by atoms with Gasteiger partial charge in [-0.1, -0.05) is 30.3 Å². The molecule has 0 atom stereocenters. The number of furan rings is 1. The highest BCUT2D eigenvalue weighted by Crippen LogP contribution is 2.28. The Bertz CT molecular complexity index is 1420.